The second-order valence-corrected chi connectivity index (χ2v) is 12.2. The van der Waals surface area contributed by atoms with E-state index in [1.165, 1.54) is 0 Å². The van der Waals surface area contributed by atoms with E-state index in [0.29, 0.717) is 0 Å². The fourth-order valence-corrected chi connectivity index (χ4v) is 6.37. The Hall–Kier alpha value is -3.74. The Morgan fingerprint density at radius 1 is 0.659 bits per heavy atom. The monoisotopic (exact) mass is 580 g/mol. The predicted molar refractivity (Wildman–Crippen MR) is 155 cm³/mol. The van der Waals surface area contributed by atoms with Gasteiger partial charge < -0.3 is 18.7 Å². The molecule has 218 valence electrons. The summed E-state index contributed by atoms with van der Waals surface area (Å²) in [6, 6.07) is 27.7. The molecule has 0 aliphatic rings. The molecule has 0 radical (unpaired) electrons. The Kier molecular flexibility index (Phi) is 13.3. The van der Waals surface area contributed by atoms with Gasteiger partial charge in [0, 0.05) is 18.7 Å². The maximum Gasteiger partial charge on any atom is 0.309 e. The molecule has 2 unspecified atom stereocenters. The van der Waals surface area contributed by atoms with Crippen molar-refractivity contribution in [3.63, 3.8) is 0 Å². The number of carbonyl (C=O) groups excluding carboxylic acids is 3. The Balaban J connectivity index is 1.71. The average Bonchev–Trinajstić information content (AvgIpc) is 3.00. The Morgan fingerprint density at radius 3 is 1.68 bits per heavy atom. The summed E-state index contributed by atoms with van der Waals surface area (Å²) in [6.45, 7) is 2.09. The van der Waals surface area contributed by atoms with E-state index in [1.54, 1.807) is 6.92 Å². The number of ether oxygens (including phenoxy) is 3. The average molecular weight is 581 g/mol. The lowest BCUT2D eigenvalue weighted by Crippen LogP contribution is -2.24. The lowest BCUT2D eigenvalue weighted by atomic mass is 10.1. The normalized spacial score (nSPS) is 13.0. The number of carbonyl (C=O) groups is 3. The van der Waals surface area contributed by atoms with Gasteiger partial charge in [0.2, 0.25) is 7.37 Å². The molecule has 0 aromatic heterocycles. The van der Waals surface area contributed by atoms with Crippen LogP contribution in [0.15, 0.2) is 91.0 Å². The molecule has 2 atom stereocenters. The molecule has 41 heavy (non-hydrogen) atoms. The van der Waals surface area contributed by atoms with E-state index in [9.17, 15) is 18.9 Å². The zero-order valence-electron chi connectivity index (χ0n) is 23.3. The lowest BCUT2D eigenvalue weighted by Gasteiger charge is -2.23. The molecule has 0 fully saturated rings. The van der Waals surface area contributed by atoms with Crippen LogP contribution in [0.1, 0.15) is 42.9 Å². The van der Waals surface area contributed by atoms with Crippen molar-refractivity contribution < 1.29 is 37.7 Å². The minimum Gasteiger partial charge on any atom is -0.466 e. The SMILES string of the molecule is CCOC(=O)CCP(=O)(CC(CCC(=O)OCc1ccccc1)C(=O)OCc1ccccc1)OCc1ccccc1. The van der Waals surface area contributed by atoms with E-state index in [2.05, 4.69) is 0 Å². The largest absolute Gasteiger partial charge is 0.466 e. The molecule has 0 N–H and O–H groups in total. The van der Waals surface area contributed by atoms with Crippen molar-refractivity contribution in [2.24, 2.45) is 5.92 Å². The highest BCUT2D eigenvalue weighted by molar-refractivity contribution is 7.59. The summed E-state index contributed by atoms with van der Waals surface area (Å²) in [5.74, 6) is -2.49. The molecular weight excluding hydrogens is 543 g/mol. The molecule has 0 amide bonds. The van der Waals surface area contributed by atoms with Crippen LogP contribution in [0.3, 0.4) is 0 Å². The Bertz CT molecular complexity index is 1260. The first-order valence-electron chi connectivity index (χ1n) is 13.7. The summed E-state index contributed by atoms with van der Waals surface area (Å²) < 4.78 is 36.0. The third kappa shape index (κ3) is 12.1. The summed E-state index contributed by atoms with van der Waals surface area (Å²) in [5.41, 5.74) is 2.45. The van der Waals surface area contributed by atoms with Crippen molar-refractivity contribution in [1.29, 1.82) is 0 Å². The van der Waals surface area contributed by atoms with Gasteiger partial charge in [-0.25, -0.2) is 0 Å². The maximum absolute atomic E-state index is 14.1. The minimum absolute atomic E-state index is 0.0344. The van der Waals surface area contributed by atoms with E-state index in [1.807, 2.05) is 91.0 Å². The summed E-state index contributed by atoms with van der Waals surface area (Å²) in [7, 11) is -3.54. The van der Waals surface area contributed by atoms with Gasteiger partial charge in [-0.2, -0.15) is 0 Å². The fourth-order valence-electron chi connectivity index (χ4n) is 4.04. The fraction of sp³-hybridized carbons (Fsp3) is 0.344. The number of esters is 3. The van der Waals surface area contributed by atoms with Gasteiger partial charge >= 0.3 is 17.9 Å². The summed E-state index contributed by atoms with van der Waals surface area (Å²) in [4.78, 5) is 37.9. The molecule has 3 aromatic carbocycles. The van der Waals surface area contributed by atoms with Crippen molar-refractivity contribution >= 4 is 25.3 Å². The van der Waals surface area contributed by atoms with Gasteiger partial charge in [-0.15, -0.1) is 0 Å². The van der Waals surface area contributed by atoms with E-state index < -0.39 is 31.2 Å². The van der Waals surface area contributed by atoms with Gasteiger partial charge in [0.25, 0.3) is 0 Å². The molecule has 9 heteroatoms. The molecule has 0 aliphatic heterocycles. The molecule has 0 aliphatic carbocycles. The van der Waals surface area contributed by atoms with Crippen LogP contribution in [-0.4, -0.2) is 36.8 Å². The van der Waals surface area contributed by atoms with Crippen molar-refractivity contribution in [1.82, 2.24) is 0 Å². The second-order valence-electron chi connectivity index (χ2n) is 9.51. The molecule has 0 spiro atoms. The van der Waals surface area contributed by atoms with Gasteiger partial charge in [0.1, 0.15) is 13.2 Å². The van der Waals surface area contributed by atoms with E-state index in [0.717, 1.165) is 16.7 Å². The first-order chi connectivity index (χ1) is 19.9. The molecular formula is C32H37O8P. The van der Waals surface area contributed by atoms with Gasteiger partial charge in [0.05, 0.1) is 25.6 Å². The summed E-state index contributed by atoms with van der Waals surface area (Å²) >= 11 is 0. The minimum atomic E-state index is -3.54. The van der Waals surface area contributed by atoms with E-state index in [4.69, 9.17) is 18.7 Å². The lowest BCUT2D eigenvalue weighted by molar-refractivity contribution is -0.150. The highest BCUT2D eigenvalue weighted by Crippen LogP contribution is 2.50. The van der Waals surface area contributed by atoms with Gasteiger partial charge in [-0.1, -0.05) is 91.0 Å². The highest BCUT2D eigenvalue weighted by Gasteiger charge is 2.34. The maximum atomic E-state index is 14.1. The molecule has 0 saturated heterocycles. The number of hydrogen-bond acceptors (Lipinski definition) is 8. The van der Waals surface area contributed by atoms with Crippen LogP contribution in [-0.2, 0) is 57.5 Å². The number of benzene rings is 3. The molecule has 0 saturated carbocycles. The molecule has 3 rings (SSSR count). The third-order valence-electron chi connectivity index (χ3n) is 6.27. The number of hydrogen-bond donors (Lipinski definition) is 0. The molecule has 0 bridgehead atoms. The highest BCUT2D eigenvalue weighted by atomic mass is 31.2. The molecule has 8 nitrogen and oxygen atoms in total. The van der Waals surface area contributed by atoms with E-state index >= 15 is 0 Å². The van der Waals surface area contributed by atoms with Gasteiger partial charge in [0.15, 0.2) is 0 Å². The first kappa shape index (κ1) is 31.8. The quantitative estimate of drug-likeness (QED) is 0.104. The topological polar surface area (TPSA) is 105 Å². The smallest absolute Gasteiger partial charge is 0.309 e. The van der Waals surface area contributed by atoms with Crippen LogP contribution < -0.4 is 0 Å². The zero-order valence-corrected chi connectivity index (χ0v) is 24.2. The van der Waals surface area contributed by atoms with Crippen LogP contribution >= 0.6 is 7.37 Å². The van der Waals surface area contributed by atoms with Crippen molar-refractivity contribution in [2.45, 2.75) is 46.0 Å². The van der Waals surface area contributed by atoms with Crippen LogP contribution in [0.25, 0.3) is 0 Å². The van der Waals surface area contributed by atoms with Gasteiger partial charge in [-0.05, 0) is 30.0 Å². The molecule has 3 aromatic rings. The number of rotatable bonds is 17. The summed E-state index contributed by atoms with van der Waals surface area (Å²) in [5, 5.41) is 0. The summed E-state index contributed by atoms with van der Waals surface area (Å²) in [6.07, 6.45) is -0.420. The first-order valence-corrected chi connectivity index (χ1v) is 15.7. The standard InChI is InChI=1S/C32H37O8P/c1-2-37-31(34)20-21-41(36,40-24-28-16-10-5-11-17-28)25-29(32(35)39-23-27-14-8-4-9-15-27)18-19-30(33)38-22-26-12-6-3-7-13-26/h3-17,29H,2,18-25H2,1H3. The van der Waals surface area contributed by atoms with E-state index in [-0.39, 0.29) is 58.0 Å². The van der Waals surface area contributed by atoms with Crippen LogP contribution in [0.5, 0.6) is 0 Å². The Morgan fingerprint density at radius 2 is 1.15 bits per heavy atom. The third-order valence-corrected chi connectivity index (χ3v) is 8.77. The van der Waals surface area contributed by atoms with Crippen molar-refractivity contribution in [3.8, 4) is 0 Å². The van der Waals surface area contributed by atoms with Crippen molar-refractivity contribution in [3.05, 3.63) is 108 Å². The van der Waals surface area contributed by atoms with Crippen molar-refractivity contribution in [2.75, 3.05) is 18.9 Å². The Labute approximate surface area is 241 Å². The van der Waals surface area contributed by atoms with Crippen LogP contribution in [0.2, 0.25) is 0 Å². The van der Waals surface area contributed by atoms with Gasteiger partial charge in [-0.3, -0.25) is 18.9 Å². The van der Waals surface area contributed by atoms with Crippen LogP contribution in [0, 0.1) is 5.92 Å². The molecule has 0 heterocycles. The second kappa shape index (κ2) is 17.2. The predicted octanol–water partition coefficient (Wildman–Crippen LogP) is 6.32. The zero-order chi connectivity index (χ0) is 29.3. The van der Waals surface area contributed by atoms with Crippen LogP contribution in [0.4, 0.5) is 0 Å².